The second kappa shape index (κ2) is 3.98. The van der Waals surface area contributed by atoms with Gasteiger partial charge in [-0.2, -0.15) is 0 Å². The molecule has 0 saturated carbocycles. The van der Waals surface area contributed by atoms with Crippen molar-refractivity contribution < 1.29 is 5.11 Å². The molecular weight excluding hydrogens is 176 g/mol. The number of aliphatic hydroxyl groups excluding tert-OH is 1. The van der Waals surface area contributed by atoms with Crippen LogP contribution in [0.4, 0.5) is 0 Å². The summed E-state index contributed by atoms with van der Waals surface area (Å²) in [6.45, 7) is 0. The summed E-state index contributed by atoms with van der Waals surface area (Å²) in [6, 6.07) is 9.03. The number of pyridine rings is 2. The predicted molar refractivity (Wildman–Crippen MR) is 52.5 cm³/mol. The molecule has 0 saturated heterocycles. The lowest BCUT2D eigenvalue weighted by atomic mass is 10.1. The lowest BCUT2D eigenvalue weighted by Gasteiger charge is -2.08. The molecule has 2 heterocycles. The van der Waals surface area contributed by atoms with Gasteiger partial charge in [-0.05, 0) is 29.8 Å². The van der Waals surface area contributed by atoms with Crippen molar-refractivity contribution >= 4 is 0 Å². The largest absolute Gasteiger partial charge is 0.382 e. The first-order chi connectivity index (χ1) is 6.88. The molecule has 3 nitrogen and oxygen atoms in total. The third-order valence-electron chi connectivity index (χ3n) is 1.99. The van der Waals surface area contributed by atoms with Gasteiger partial charge in [-0.3, -0.25) is 9.97 Å². The predicted octanol–water partition coefficient (Wildman–Crippen LogP) is 1.56. The standard InChI is InChI=1S/C11H10N2O/c14-11(9-4-7-12-8-5-9)10-3-1-2-6-13-10/h1-8,11,14H/t11-/m0/s1. The van der Waals surface area contributed by atoms with E-state index in [0.717, 1.165) is 5.56 Å². The van der Waals surface area contributed by atoms with Gasteiger partial charge in [0.05, 0.1) is 5.69 Å². The number of nitrogens with zero attached hydrogens (tertiary/aromatic N) is 2. The molecule has 0 fully saturated rings. The molecule has 70 valence electrons. The second-order valence-corrected chi connectivity index (χ2v) is 2.94. The van der Waals surface area contributed by atoms with Gasteiger partial charge < -0.3 is 5.11 Å². The third-order valence-corrected chi connectivity index (χ3v) is 1.99. The fourth-order valence-electron chi connectivity index (χ4n) is 1.25. The van der Waals surface area contributed by atoms with Crippen LogP contribution in [0.15, 0.2) is 48.9 Å². The van der Waals surface area contributed by atoms with Crippen LogP contribution in [0, 0.1) is 0 Å². The monoisotopic (exact) mass is 186 g/mol. The van der Waals surface area contributed by atoms with Crippen LogP contribution in [-0.2, 0) is 0 Å². The van der Waals surface area contributed by atoms with Crippen LogP contribution in [0.25, 0.3) is 0 Å². The van der Waals surface area contributed by atoms with Gasteiger partial charge in [0, 0.05) is 18.6 Å². The SMILES string of the molecule is O[C@@H](c1ccncc1)c1ccccn1. The van der Waals surface area contributed by atoms with Crippen molar-refractivity contribution in [2.75, 3.05) is 0 Å². The van der Waals surface area contributed by atoms with Crippen molar-refractivity contribution in [3.8, 4) is 0 Å². The van der Waals surface area contributed by atoms with Gasteiger partial charge in [0.1, 0.15) is 6.10 Å². The van der Waals surface area contributed by atoms with E-state index in [0.29, 0.717) is 5.69 Å². The summed E-state index contributed by atoms with van der Waals surface area (Å²) in [6.07, 6.45) is 4.31. The Kier molecular flexibility index (Phi) is 2.51. The van der Waals surface area contributed by atoms with E-state index < -0.39 is 6.10 Å². The summed E-state index contributed by atoms with van der Waals surface area (Å²) in [4.78, 5) is 7.97. The van der Waals surface area contributed by atoms with Crippen LogP contribution in [0.3, 0.4) is 0 Å². The number of rotatable bonds is 2. The topological polar surface area (TPSA) is 46.0 Å². The minimum absolute atomic E-state index is 0.652. The van der Waals surface area contributed by atoms with E-state index in [2.05, 4.69) is 9.97 Å². The van der Waals surface area contributed by atoms with Crippen LogP contribution in [0.1, 0.15) is 17.4 Å². The van der Waals surface area contributed by atoms with Crippen LogP contribution in [0.2, 0.25) is 0 Å². The van der Waals surface area contributed by atoms with Gasteiger partial charge in [-0.15, -0.1) is 0 Å². The van der Waals surface area contributed by atoms with Crippen molar-refractivity contribution in [3.05, 3.63) is 60.2 Å². The van der Waals surface area contributed by atoms with Gasteiger partial charge in [-0.1, -0.05) is 6.07 Å². The van der Waals surface area contributed by atoms with Crippen molar-refractivity contribution in [1.29, 1.82) is 0 Å². The zero-order valence-electron chi connectivity index (χ0n) is 7.54. The van der Waals surface area contributed by atoms with Crippen molar-refractivity contribution in [2.24, 2.45) is 0 Å². The van der Waals surface area contributed by atoms with Gasteiger partial charge in [0.2, 0.25) is 0 Å². The van der Waals surface area contributed by atoms with E-state index in [9.17, 15) is 5.11 Å². The van der Waals surface area contributed by atoms with Crippen molar-refractivity contribution in [1.82, 2.24) is 9.97 Å². The zero-order chi connectivity index (χ0) is 9.80. The average Bonchev–Trinajstić information content (AvgIpc) is 2.30. The number of aromatic nitrogens is 2. The summed E-state index contributed by atoms with van der Waals surface area (Å²) in [5.74, 6) is 0. The number of hydrogen-bond acceptors (Lipinski definition) is 3. The molecule has 0 amide bonds. The molecule has 2 rings (SSSR count). The molecule has 0 aliphatic heterocycles. The summed E-state index contributed by atoms with van der Waals surface area (Å²) in [5.41, 5.74) is 1.46. The number of hydrogen-bond donors (Lipinski definition) is 1. The fourth-order valence-corrected chi connectivity index (χ4v) is 1.25. The molecule has 0 aromatic carbocycles. The minimum atomic E-state index is -0.667. The minimum Gasteiger partial charge on any atom is -0.382 e. The average molecular weight is 186 g/mol. The van der Waals surface area contributed by atoms with Gasteiger partial charge in [0.25, 0.3) is 0 Å². The van der Waals surface area contributed by atoms with Crippen LogP contribution in [-0.4, -0.2) is 15.1 Å². The first-order valence-corrected chi connectivity index (χ1v) is 4.37. The quantitative estimate of drug-likeness (QED) is 0.774. The maximum Gasteiger partial charge on any atom is 0.121 e. The molecule has 3 heteroatoms. The second-order valence-electron chi connectivity index (χ2n) is 2.94. The molecule has 2 aromatic rings. The smallest absolute Gasteiger partial charge is 0.121 e. The molecule has 0 bridgehead atoms. The Morgan fingerprint density at radius 3 is 2.43 bits per heavy atom. The molecule has 14 heavy (non-hydrogen) atoms. The Morgan fingerprint density at radius 1 is 1.00 bits per heavy atom. The third kappa shape index (κ3) is 1.78. The summed E-state index contributed by atoms with van der Waals surface area (Å²) >= 11 is 0. The molecule has 0 radical (unpaired) electrons. The molecule has 1 N–H and O–H groups in total. The van der Waals surface area contributed by atoms with Crippen LogP contribution >= 0.6 is 0 Å². The molecule has 0 unspecified atom stereocenters. The van der Waals surface area contributed by atoms with Gasteiger partial charge in [0.15, 0.2) is 0 Å². The zero-order valence-corrected chi connectivity index (χ0v) is 7.54. The Labute approximate surface area is 82.1 Å². The van der Waals surface area contributed by atoms with E-state index in [-0.39, 0.29) is 0 Å². The molecule has 2 aromatic heterocycles. The maximum absolute atomic E-state index is 9.90. The normalized spacial score (nSPS) is 12.4. The first-order valence-electron chi connectivity index (χ1n) is 4.37. The molecule has 0 aliphatic carbocycles. The Morgan fingerprint density at radius 2 is 1.79 bits per heavy atom. The van der Waals surface area contributed by atoms with Crippen molar-refractivity contribution in [3.63, 3.8) is 0 Å². The highest BCUT2D eigenvalue weighted by atomic mass is 16.3. The highest BCUT2D eigenvalue weighted by molar-refractivity contribution is 5.22. The van der Waals surface area contributed by atoms with Crippen molar-refractivity contribution in [2.45, 2.75) is 6.10 Å². The van der Waals surface area contributed by atoms with Crippen LogP contribution in [0.5, 0.6) is 0 Å². The highest BCUT2D eigenvalue weighted by Gasteiger charge is 2.09. The molecule has 1 atom stereocenters. The maximum atomic E-state index is 9.90. The molecule has 0 aliphatic rings. The first kappa shape index (κ1) is 8.84. The van der Waals surface area contributed by atoms with E-state index >= 15 is 0 Å². The van der Waals surface area contributed by atoms with Crippen LogP contribution < -0.4 is 0 Å². The summed E-state index contributed by atoms with van der Waals surface area (Å²) in [7, 11) is 0. The molecular formula is C11H10N2O. The molecule has 0 spiro atoms. The lowest BCUT2D eigenvalue weighted by Crippen LogP contribution is -2.01. The van der Waals surface area contributed by atoms with E-state index in [4.69, 9.17) is 0 Å². The Hall–Kier alpha value is -1.74. The Bertz CT molecular complexity index is 349. The highest BCUT2D eigenvalue weighted by Crippen LogP contribution is 2.18. The number of aliphatic hydroxyl groups is 1. The Balaban J connectivity index is 2.30. The van der Waals surface area contributed by atoms with Gasteiger partial charge in [-0.25, -0.2) is 0 Å². The summed E-state index contributed by atoms with van der Waals surface area (Å²) < 4.78 is 0. The summed E-state index contributed by atoms with van der Waals surface area (Å²) in [5, 5.41) is 9.90. The fraction of sp³-hybridized carbons (Fsp3) is 0.0909. The van der Waals surface area contributed by atoms with E-state index in [1.54, 1.807) is 36.8 Å². The van der Waals surface area contributed by atoms with E-state index in [1.807, 2.05) is 12.1 Å². The van der Waals surface area contributed by atoms with Gasteiger partial charge >= 0.3 is 0 Å². The van der Waals surface area contributed by atoms with E-state index in [1.165, 1.54) is 0 Å². The lowest BCUT2D eigenvalue weighted by molar-refractivity contribution is 0.215.